The summed E-state index contributed by atoms with van der Waals surface area (Å²) in [5.41, 5.74) is 0.519. The molecule has 4 nitrogen and oxygen atoms in total. The molecule has 1 aliphatic rings. The third-order valence-corrected chi connectivity index (χ3v) is 2.98. The molecule has 2 heterocycles. The van der Waals surface area contributed by atoms with E-state index in [-0.39, 0.29) is 12.0 Å². The lowest BCUT2D eigenvalue weighted by atomic mass is 10.0. The number of aromatic nitrogens is 1. The molecule has 1 atom stereocenters. The van der Waals surface area contributed by atoms with Gasteiger partial charge in [-0.1, -0.05) is 0 Å². The Labute approximate surface area is 106 Å². The third-order valence-electron chi connectivity index (χ3n) is 2.98. The van der Waals surface area contributed by atoms with Crippen molar-refractivity contribution in [2.75, 3.05) is 11.9 Å². The number of halogens is 1. The van der Waals surface area contributed by atoms with Crippen LogP contribution in [0.15, 0.2) is 18.3 Å². The molecule has 0 aromatic carbocycles. The summed E-state index contributed by atoms with van der Waals surface area (Å²) in [6, 6.07) is 2.72. The Kier molecular flexibility index (Phi) is 4.64. The monoisotopic (exact) mass is 252 g/mol. The molecule has 1 aromatic rings. The van der Waals surface area contributed by atoms with E-state index < -0.39 is 5.95 Å². The second-order valence-corrected chi connectivity index (χ2v) is 4.45. The van der Waals surface area contributed by atoms with Crippen LogP contribution in [0.3, 0.4) is 0 Å². The van der Waals surface area contributed by atoms with Crippen molar-refractivity contribution in [3.8, 4) is 0 Å². The molecule has 0 saturated carbocycles. The molecule has 0 aliphatic carbocycles. The molecule has 0 bridgehead atoms. The van der Waals surface area contributed by atoms with Crippen molar-refractivity contribution < 1.29 is 13.9 Å². The number of rotatable bonds is 4. The number of carbonyl (C=O) groups is 1. The van der Waals surface area contributed by atoms with Gasteiger partial charge >= 0.3 is 0 Å². The van der Waals surface area contributed by atoms with Gasteiger partial charge in [0.05, 0.1) is 18.0 Å². The maximum Gasteiger partial charge on any atom is 0.224 e. The van der Waals surface area contributed by atoms with Crippen LogP contribution < -0.4 is 5.32 Å². The molecule has 1 N–H and O–H groups in total. The minimum Gasteiger partial charge on any atom is -0.378 e. The highest BCUT2D eigenvalue weighted by Gasteiger charge is 2.15. The largest absolute Gasteiger partial charge is 0.378 e. The van der Waals surface area contributed by atoms with Crippen molar-refractivity contribution in [3.05, 3.63) is 24.3 Å². The summed E-state index contributed by atoms with van der Waals surface area (Å²) < 4.78 is 18.1. The lowest BCUT2D eigenvalue weighted by Gasteiger charge is -2.22. The number of hydrogen-bond donors (Lipinski definition) is 1. The number of nitrogens with zero attached hydrogens (tertiary/aromatic N) is 1. The predicted octanol–water partition coefficient (Wildman–Crippen LogP) is 2.51. The summed E-state index contributed by atoms with van der Waals surface area (Å²) in [4.78, 5) is 15.1. The standard InChI is InChI=1S/C13H17FN2O2/c14-12-6-4-10(9-15-12)16-13(17)7-5-11-3-1-2-8-18-11/h4,6,9,11H,1-3,5,7-8H2,(H,16,17). The number of anilines is 1. The SMILES string of the molecule is O=C(CCC1CCCCO1)Nc1ccc(F)nc1. The second-order valence-electron chi connectivity index (χ2n) is 4.45. The van der Waals surface area contributed by atoms with Crippen LogP contribution in [0.1, 0.15) is 32.1 Å². The Hall–Kier alpha value is -1.49. The zero-order chi connectivity index (χ0) is 12.8. The topological polar surface area (TPSA) is 51.2 Å². The number of hydrogen-bond acceptors (Lipinski definition) is 3. The molecule has 18 heavy (non-hydrogen) atoms. The van der Waals surface area contributed by atoms with Crippen LogP contribution in [0.5, 0.6) is 0 Å². The van der Waals surface area contributed by atoms with Crippen LogP contribution in [0.4, 0.5) is 10.1 Å². The molecule has 1 unspecified atom stereocenters. The first kappa shape index (κ1) is 13.0. The van der Waals surface area contributed by atoms with Crippen LogP contribution in [-0.4, -0.2) is 23.6 Å². The Bertz CT molecular complexity index is 388. The highest BCUT2D eigenvalue weighted by atomic mass is 19.1. The molecule has 5 heteroatoms. The fraction of sp³-hybridized carbons (Fsp3) is 0.538. The Balaban J connectivity index is 1.73. The summed E-state index contributed by atoms with van der Waals surface area (Å²) in [6.07, 6.45) is 5.99. The lowest BCUT2D eigenvalue weighted by molar-refractivity contribution is -0.117. The quantitative estimate of drug-likeness (QED) is 0.838. The maximum absolute atomic E-state index is 12.6. The fourth-order valence-electron chi connectivity index (χ4n) is 2.00. The molecular weight excluding hydrogens is 235 g/mol. The zero-order valence-corrected chi connectivity index (χ0v) is 10.2. The molecule has 98 valence electrons. The average molecular weight is 252 g/mol. The Morgan fingerprint density at radius 3 is 3.06 bits per heavy atom. The molecule has 1 fully saturated rings. The van der Waals surface area contributed by atoms with E-state index in [1.165, 1.54) is 24.8 Å². The zero-order valence-electron chi connectivity index (χ0n) is 10.2. The second kappa shape index (κ2) is 6.44. The summed E-state index contributed by atoms with van der Waals surface area (Å²) in [7, 11) is 0. The first-order valence-electron chi connectivity index (χ1n) is 6.27. The van der Waals surface area contributed by atoms with E-state index in [0.717, 1.165) is 25.9 Å². The van der Waals surface area contributed by atoms with E-state index in [4.69, 9.17) is 4.74 Å². The smallest absolute Gasteiger partial charge is 0.224 e. The predicted molar refractivity (Wildman–Crippen MR) is 65.6 cm³/mol. The van der Waals surface area contributed by atoms with Crippen molar-refractivity contribution in [2.24, 2.45) is 0 Å². The van der Waals surface area contributed by atoms with Gasteiger partial charge in [0, 0.05) is 13.0 Å². The van der Waals surface area contributed by atoms with E-state index in [2.05, 4.69) is 10.3 Å². The Morgan fingerprint density at radius 1 is 1.50 bits per heavy atom. The first-order valence-corrected chi connectivity index (χ1v) is 6.27. The van der Waals surface area contributed by atoms with Gasteiger partial charge in [0.2, 0.25) is 11.9 Å². The van der Waals surface area contributed by atoms with Crippen LogP contribution in [0.25, 0.3) is 0 Å². The van der Waals surface area contributed by atoms with Gasteiger partial charge in [0.1, 0.15) is 0 Å². The molecule has 1 aliphatic heterocycles. The molecule has 1 saturated heterocycles. The molecule has 0 spiro atoms. The average Bonchev–Trinajstić information content (AvgIpc) is 2.40. The number of amides is 1. The number of pyridine rings is 1. The first-order chi connectivity index (χ1) is 8.74. The van der Waals surface area contributed by atoms with E-state index >= 15 is 0 Å². The summed E-state index contributed by atoms with van der Waals surface area (Å²) in [6.45, 7) is 0.800. The molecule has 0 radical (unpaired) electrons. The normalized spacial score (nSPS) is 19.5. The number of nitrogens with one attached hydrogen (secondary N) is 1. The van der Waals surface area contributed by atoms with E-state index in [9.17, 15) is 9.18 Å². The van der Waals surface area contributed by atoms with Crippen LogP contribution in [0.2, 0.25) is 0 Å². The molecule has 2 rings (SSSR count). The van der Waals surface area contributed by atoms with Crippen molar-refractivity contribution in [1.82, 2.24) is 4.98 Å². The maximum atomic E-state index is 12.6. The Morgan fingerprint density at radius 2 is 2.39 bits per heavy atom. The lowest BCUT2D eigenvalue weighted by Crippen LogP contribution is -2.21. The van der Waals surface area contributed by atoms with Crippen molar-refractivity contribution >= 4 is 11.6 Å². The minimum absolute atomic E-state index is 0.0856. The van der Waals surface area contributed by atoms with Crippen LogP contribution in [-0.2, 0) is 9.53 Å². The number of ether oxygens (including phenoxy) is 1. The van der Waals surface area contributed by atoms with Crippen LogP contribution >= 0.6 is 0 Å². The fourth-order valence-corrected chi connectivity index (χ4v) is 2.00. The van der Waals surface area contributed by atoms with Gasteiger partial charge in [-0.25, -0.2) is 4.98 Å². The van der Waals surface area contributed by atoms with Gasteiger partial charge in [-0.3, -0.25) is 4.79 Å². The molecular formula is C13H17FN2O2. The van der Waals surface area contributed by atoms with E-state index in [0.29, 0.717) is 12.1 Å². The van der Waals surface area contributed by atoms with Gasteiger partial charge in [0.25, 0.3) is 0 Å². The van der Waals surface area contributed by atoms with Crippen molar-refractivity contribution in [3.63, 3.8) is 0 Å². The third kappa shape index (κ3) is 4.07. The minimum atomic E-state index is -0.552. The van der Waals surface area contributed by atoms with Crippen molar-refractivity contribution in [1.29, 1.82) is 0 Å². The summed E-state index contributed by atoms with van der Waals surface area (Å²) in [5, 5.41) is 2.69. The molecule has 1 amide bonds. The van der Waals surface area contributed by atoms with Gasteiger partial charge < -0.3 is 10.1 Å². The highest BCUT2D eigenvalue weighted by Crippen LogP contribution is 2.17. The van der Waals surface area contributed by atoms with Gasteiger partial charge in [-0.05, 0) is 37.8 Å². The van der Waals surface area contributed by atoms with E-state index in [1.807, 2.05) is 0 Å². The van der Waals surface area contributed by atoms with Gasteiger partial charge in [-0.2, -0.15) is 4.39 Å². The summed E-state index contributed by atoms with van der Waals surface area (Å²) >= 11 is 0. The number of carbonyl (C=O) groups excluding carboxylic acids is 1. The van der Waals surface area contributed by atoms with Crippen LogP contribution in [0, 0.1) is 5.95 Å². The van der Waals surface area contributed by atoms with Crippen molar-refractivity contribution in [2.45, 2.75) is 38.2 Å². The summed E-state index contributed by atoms with van der Waals surface area (Å²) in [5.74, 6) is -0.638. The van der Waals surface area contributed by atoms with E-state index in [1.54, 1.807) is 0 Å². The molecule has 1 aromatic heterocycles. The highest BCUT2D eigenvalue weighted by molar-refractivity contribution is 5.90. The van der Waals surface area contributed by atoms with Gasteiger partial charge in [0.15, 0.2) is 0 Å². The van der Waals surface area contributed by atoms with Gasteiger partial charge in [-0.15, -0.1) is 0 Å².